The Labute approximate surface area is 162 Å². The number of nitrogens with zero attached hydrogens (tertiary/aromatic N) is 1. The van der Waals surface area contributed by atoms with E-state index < -0.39 is 0 Å². The summed E-state index contributed by atoms with van der Waals surface area (Å²) in [6.45, 7) is 0.241. The van der Waals surface area contributed by atoms with Crippen molar-refractivity contribution in [3.05, 3.63) is 48.5 Å². The molecule has 2 aromatic rings. The number of hydrogen-bond donors (Lipinski definition) is 2. The molecule has 0 unspecified atom stereocenters. The average molecular weight is 379 g/mol. The van der Waals surface area contributed by atoms with Crippen LogP contribution in [0.25, 0.3) is 0 Å². The molecule has 0 aromatic heterocycles. The van der Waals surface area contributed by atoms with E-state index in [-0.39, 0.29) is 43.2 Å². The highest BCUT2D eigenvalue weighted by molar-refractivity contribution is 5.99. The molecule has 0 radical (unpaired) electrons. The Morgan fingerprint density at radius 1 is 1.04 bits per heavy atom. The standard InChI is InChI=1S/C21H21N3O4/c25-19(10-11-24-17-6-1-2-7-18(17)28-13-20(24)26)22-15-4-3-5-16(12-15)23-21(27)14-8-9-14/h1-7,12,14H,8-11,13H2,(H,22,25)(H,23,27). The lowest BCUT2D eigenvalue weighted by molar-refractivity contribution is -0.121. The van der Waals surface area contributed by atoms with Crippen LogP contribution in [-0.4, -0.2) is 30.9 Å². The number of fused-ring (bicyclic) bond motifs is 1. The number of hydrogen-bond acceptors (Lipinski definition) is 4. The van der Waals surface area contributed by atoms with Crippen LogP contribution in [-0.2, 0) is 14.4 Å². The van der Waals surface area contributed by atoms with Crippen LogP contribution in [0.15, 0.2) is 48.5 Å². The van der Waals surface area contributed by atoms with Gasteiger partial charge in [0.2, 0.25) is 11.8 Å². The van der Waals surface area contributed by atoms with Crippen LogP contribution in [0.3, 0.4) is 0 Å². The minimum Gasteiger partial charge on any atom is -0.482 e. The number of ether oxygens (including phenoxy) is 1. The van der Waals surface area contributed by atoms with Crippen molar-refractivity contribution in [2.45, 2.75) is 19.3 Å². The summed E-state index contributed by atoms with van der Waals surface area (Å²) in [5.74, 6) is 0.403. The zero-order chi connectivity index (χ0) is 19.5. The first kappa shape index (κ1) is 18.0. The molecule has 7 heteroatoms. The summed E-state index contributed by atoms with van der Waals surface area (Å²) in [5, 5.41) is 5.68. The highest BCUT2D eigenvalue weighted by atomic mass is 16.5. The Bertz CT molecular complexity index is 923. The number of nitrogens with one attached hydrogen (secondary N) is 2. The lowest BCUT2D eigenvalue weighted by atomic mass is 10.2. The number of carbonyl (C=O) groups is 3. The molecule has 0 bridgehead atoms. The molecular formula is C21H21N3O4. The lowest BCUT2D eigenvalue weighted by Crippen LogP contribution is -2.40. The molecule has 4 rings (SSSR count). The third kappa shape index (κ3) is 4.14. The maximum Gasteiger partial charge on any atom is 0.265 e. The normalized spacial score (nSPS) is 15.4. The zero-order valence-corrected chi connectivity index (χ0v) is 15.3. The topological polar surface area (TPSA) is 87.7 Å². The highest BCUT2D eigenvalue weighted by Crippen LogP contribution is 2.32. The van der Waals surface area contributed by atoms with Gasteiger partial charge < -0.3 is 20.3 Å². The third-order valence-electron chi connectivity index (χ3n) is 4.73. The van der Waals surface area contributed by atoms with E-state index in [1.165, 1.54) is 0 Å². The van der Waals surface area contributed by atoms with Crippen LogP contribution < -0.4 is 20.3 Å². The summed E-state index contributed by atoms with van der Waals surface area (Å²) in [4.78, 5) is 38.0. The van der Waals surface area contributed by atoms with Gasteiger partial charge in [0.25, 0.3) is 5.91 Å². The van der Waals surface area contributed by atoms with E-state index in [4.69, 9.17) is 4.74 Å². The molecule has 2 aromatic carbocycles. The van der Waals surface area contributed by atoms with Crippen LogP contribution >= 0.6 is 0 Å². The van der Waals surface area contributed by atoms with E-state index >= 15 is 0 Å². The van der Waals surface area contributed by atoms with Crippen LogP contribution in [0.2, 0.25) is 0 Å². The molecule has 7 nitrogen and oxygen atoms in total. The molecule has 0 saturated heterocycles. The van der Waals surface area contributed by atoms with Crippen molar-refractivity contribution in [3.63, 3.8) is 0 Å². The lowest BCUT2D eigenvalue weighted by Gasteiger charge is -2.29. The Morgan fingerprint density at radius 3 is 2.57 bits per heavy atom. The second-order valence-corrected chi connectivity index (χ2v) is 6.94. The van der Waals surface area contributed by atoms with Crippen LogP contribution in [0, 0.1) is 5.92 Å². The number of anilines is 3. The van der Waals surface area contributed by atoms with Gasteiger partial charge in [-0.15, -0.1) is 0 Å². The van der Waals surface area contributed by atoms with Gasteiger partial charge in [0.15, 0.2) is 6.61 Å². The summed E-state index contributed by atoms with van der Waals surface area (Å²) >= 11 is 0. The van der Waals surface area contributed by atoms with Gasteiger partial charge in [-0.25, -0.2) is 0 Å². The number of amides is 3. The predicted molar refractivity (Wildman–Crippen MR) is 105 cm³/mol. The fourth-order valence-corrected chi connectivity index (χ4v) is 3.10. The summed E-state index contributed by atoms with van der Waals surface area (Å²) in [5.41, 5.74) is 1.94. The average Bonchev–Trinajstić information content (AvgIpc) is 3.53. The molecule has 28 heavy (non-hydrogen) atoms. The third-order valence-corrected chi connectivity index (χ3v) is 4.73. The monoisotopic (exact) mass is 379 g/mol. The van der Waals surface area contributed by atoms with Crippen molar-refractivity contribution in [1.29, 1.82) is 0 Å². The summed E-state index contributed by atoms with van der Waals surface area (Å²) in [6.07, 6.45) is 2.02. The molecule has 144 valence electrons. The summed E-state index contributed by atoms with van der Waals surface area (Å²) < 4.78 is 5.41. The highest BCUT2D eigenvalue weighted by Gasteiger charge is 2.29. The molecule has 0 atom stereocenters. The molecule has 1 saturated carbocycles. The van der Waals surface area contributed by atoms with E-state index in [0.29, 0.717) is 22.8 Å². The fourth-order valence-electron chi connectivity index (χ4n) is 3.10. The molecule has 1 aliphatic heterocycles. The summed E-state index contributed by atoms with van der Waals surface area (Å²) in [6, 6.07) is 14.3. The molecule has 1 fully saturated rings. The second kappa shape index (κ2) is 7.72. The Kier molecular flexibility index (Phi) is 4.97. The molecule has 1 heterocycles. The van der Waals surface area contributed by atoms with Gasteiger partial charge in [0.1, 0.15) is 5.75 Å². The number of carbonyl (C=O) groups excluding carboxylic acids is 3. The zero-order valence-electron chi connectivity index (χ0n) is 15.3. The van der Waals surface area contributed by atoms with Gasteiger partial charge in [0, 0.05) is 30.3 Å². The molecule has 3 amide bonds. The van der Waals surface area contributed by atoms with E-state index in [2.05, 4.69) is 10.6 Å². The maximum absolute atomic E-state index is 12.4. The quantitative estimate of drug-likeness (QED) is 0.808. The van der Waals surface area contributed by atoms with Gasteiger partial charge in [-0.2, -0.15) is 0 Å². The van der Waals surface area contributed by atoms with Crippen LogP contribution in [0.1, 0.15) is 19.3 Å². The Morgan fingerprint density at radius 2 is 1.79 bits per heavy atom. The SMILES string of the molecule is O=C(CCN1C(=O)COc2ccccc21)Nc1cccc(NC(=O)C2CC2)c1. The number of para-hydroxylation sites is 2. The van der Waals surface area contributed by atoms with E-state index in [1.54, 1.807) is 41.3 Å². The van der Waals surface area contributed by atoms with Gasteiger partial charge in [-0.1, -0.05) is 18.2 Å². The van der Waals surface area contributed by atoms with Crippen molar-refractivity contribution >= 4 is 34.8 Å². The van der Waals surface area contributed by atoms with E-state index in [1.807, 2.05) is 12.1 Å². The summed E-state index contributed by atoms with van der Waals surface area (Å²) in [7, 11) is 0. The fraction of sp³-hybridized carbons (Fsp3) is 0.286. The first-order valence-corrected chi connectivity index (χ1v) is 9.33. The van der Waals surface area contributed by atoms with Crippen molar-refractivity contribution in [2.24, 2.45) is 5.92 Å². The minimum absolute atomic E-state index is 0.0213. The van der Waals surface area contributed by atoms with Crippen molar-refractivity contribution in [1.82, 2.24) is 0 Å². The van der Waals surface area contributed by atoms with Gasteiger partial charge in [-0.05, 0) is 43.2 Å². The second-order valence-electron chi connectivity index (χ2n) is 6.94. The largest absolute Gasteiger partial charge is 0.482 e. The Hall–Kier alpha value is -3.35. The minimum atomic E-state index is -0.206. The predicted octanol–water partition coefficient (Wildman–Crippen LogP) is 2.79. The van der Waals surface area contributed by atoms with Crippen LogP contribution in [0.4, 0.5) is 17.1 Å². The smallest absolute Gasteiger partial charge is 0.265 e. The number of rotatable bonds is 6. The molecule has 2 aliphatic rings. The number of benzene rings is 2. The van der Waals surface area contributed by atoms with Crippen molar-refractivity contribution in [2.75, 3.05) is 28.7 Å². The first-order valence-electron chi connectivity index (χ1n) is 9.33. The molecule has 0 spiro atoms. The molecule has 1 aliphatic carbocycles. The van der Waals surface area contributed by atoms with Crippen molar-refractivity contribution < 1.29 is 19.1 Å². The first-order chi connectivity index (χ1) is 13.6. The van der Waals surface area contributed by atoms with Gasteiger partial charge in [-0.3, -0.25) is 14.4 Å². The van der Waals surface area contributed by atoms with Crippen LogP contribution in [0.5, 0.6) is 5.75 Å². The molecular weight excluding hydrogens is 358 g/mol. The maximum atomic E-state index is 12.4. The van der Waals surface area contributed by atoms with Crippen molar-refractivity contribution in [3.8, 4) is 5.75 Å². The van der Waals surface area contributed by atoms with Gasteiger partial charge in [0.05, 0.1) is 5.69 Å². The van der Waals surface area contributed by atoms with E-state index in [9.17, 15) is 14.4 Å². The Balaban J connectivity index is 1.35. The van der Waals surface area contributed by atoms with E-state index in [0.717, 1.165) is 12.8 Å². The molecule has 2 N–H and O–H groups in total. The van der Waals surface area contributed by atoms with Gasteiger partial charge >= 0.3 is 0 Å².